The summed E-state index contributed by atoms with van der Waals surface area (Å²) in [6.07, 6.45) is 3.10. The zero-order valence-electron chi connectivity index (χ0n) is 15.3. The lowest BCUT2D eigenvalue weighted by Gasteiger charge is -2.18. The summed E-state index contributed by atoms with van der Waals surface area (Å²) in [6, 6.07) is 7.12. The molecule has 2 aromatic rings. The fraction of sp³-hybridized carbons (Fsp3) is 0.278. The topological polar surface area (TPSA) is 113 Å². The number of hydrogen-bond donors (Lipinski definition) is 2. The van der Waals surface area contributed by atoms with Crippen molar-refractivity contribution in [2.24, 2.45) is 5.10 Å². The quantitative estimate of drug-likeness (QED) is 0.433. The molecular formula is C18H19N5O4S. The van der Waals surface area contributed by atoms with E-state index < -0.39 is 11.8 Å². The lowest BCUT2D eigenvalue weighted by Crippen LogP contribution is -2.38. The highest BCUT2D eigenvalue weighted by Crippen LogP contribution is 2.29. The fourth-order valence-electron chi connectivity index (χ4n) is 2.28. The predicted molar refractivity (Wildman–Crippen MR) is 105 cm³/mol. The summed E-state index contributed by atoms with van der Waals surface area (Å²) in [5.74, 6) is -1.06. The Morgan fingerprint density at radius 3 is 2.57 bits per heavy atom. The first-order valence-corrected chi connectivity index (χ1v) is 9.40. The van der Waals surface area contributed by atoms with Gasteiger partial charge in [0, 0.05) is 18.3 Å². The maximum absolute atomic E-state index is 12.1. The first kappa shape index (κ1) is 19.5. The molecular weight excluding hydrogens is 382 g/mol. The number of thiazole rings is 1. The first-order valence-electron chi connectivity index (χ1n) is 8.52. The Hall–Kier alpha value is -3.27. The molecule has 2 N–H and O–H groups in total. The van der Waals surface area contributed by atoms with Crippen LogP contribution in [0.5, 0.6) is 5.75 Å². The van der Waals surface area contributed by atoms with E-state index >= 15 is 0 Å². The molecule has 28 heavy (non-hydrogen) atoms. The Kier molecular flexibility index (Phi) is 5.99. The highest BCUT2D eigenvalue weighted by molar-refractivity contribution is 7.14. The normalized spacial score (nSPS) is 13.2. The molecule has 0 aliphatic heterocycles. The molecule has 0 atom stereocenters. The van der Waals surface area contributed by atoms with Crippen LogP contribution < -0.4 is 20.4 Å². The van der Waals surface area contributed by atoms with Crippen LogP contribution in [0.15, 0.2) is 34.7 Å². The van der Waals surface area contributed by atoms with Gasteiger partial charge in [-0.2, -0.15) is 5.10 Å². The number of carbonyl (C=O) groups is 3. The largest absolute Gasteiger partial charge is 0.497 e. The number of nitrogens with zero attached hydrogens (tertiary/aromatic N) is 3. The number of amides is 3. The SMILES string of the molecule is COc1ccc(N(C(C)=O)c2nc(/C=N\NC(=O)C(=O)NC3CC3)cs2)cc1. The van der Waals surface area contributed by atoms with Crippen molar-refractivity contribution in [2.75, 3.05) is 12.0 Å². The van der Waals surface area contributed by atoms with Crippen molar-refractivity contribution in [3.05, 3.63) is 35.3 Å². The van der Waals surface area contributed by atoms with Gasteiger partial charge in [0.05, 0.1) is 24.7 Å². The van der Waals surface area contributed by atoms with Gasteiger partial charge in [0.25, 0.3) is 0 Å². The molecule has 0 spiro atoms. The molecule has 1 aromatic heterocycles. The highest BCUT2D eigenvalue weighted by atomic mass is 32.1. The third-order valence-corrected chi connectivity index (χ3v) is 4.67. The van der Waals surface area contributed by atoms with E-state index in [1.54, 1.807) is 36.8 Å². The van der Waals surface area contributed by atoms with E-state index in [4.69, 9.17) is 4.74 Å². The molecule has 1 heterocycles. The summed E-state index contributed by atoms with van der Waals surface area (Å²) in [5.41, 5.74) is 3.25. The van der Waals surface area contributed by atoms with Crippen molar-refractivity contribution in [1.29, 1.82) is 0 Å². The van der Waals surface area contributed by atoms with Crippen LogP contribution >= 0.6 is 11.3 Å². The van der Waals surface area contributed by atoms with Gasteiger partial charge in [-0.05, 0) is 37.1 Å². The molecule has 0 radical (unpaired) electrons. The molecule has 146 valence electrons. The molecule has 0 unspecified atom stereocenters. The summed E-state index contributed by atoms with van der Waals surface area (Å²) in [4.78, 5) is 41.1. The Morgan fingerprint density at radius 1 is 1.25 bits per heavy atom. The molecule has 0 bridgehead atoms. The van der Waals surface area contributed by atoms with E-state index in [9.17, 15) is 14.4 Å². The molecule has 0 saturated heterocycles. The second-order valence-electron chi connectivity index (χ2n) is 6.05. The third-order valence-electron chi connectivity index (χ3n) is 3.83. The van der Waals surface area contributed by atoms with Crippen LogP contribution in [0.2, 0.25) is 0 Å². The van der Waals surface area contributed by atoms with E-state index in [-0.39, 0.29) is 11.9 Å². The number of hydrogen-bond acceptors (Lipinski definition) is 7. The van der Waals surface area contributed by atoms with Crippen LogP contribution in [-0.2, 0) is 14.4 Å². The van der Waals surface area contributed by atoms with Gasteiger partial charge in [0.2, 0.25) is 5.91 Å². The Labute approximate surface area is 165 Å². The highest BCUT2D eigenvalue weighted by Gasteiger charge is 2.26. The molecule has 9 nitrogen and oxygen atoms in total. The van der Waals surface area contributed by atoms with E-state index in [0.29, 0.717) is 22.3 Å². The van der Waals surface area contributed by atoms with Gasteiger partial charge in [0.15, 0.2) is 5.13 Å². The number of hydrazone groups is 1. The van der Waals surface area contributed by atoms with Gasteiger partial charge >= 0.3 is 11.8 Å². The Bertz CT molecular complexity index is 905. The minimum Gasteiger partial charge on any atom is -0.497 e. The fourth-order valence-corrected chi connectivity index (χ4v) is 3.12. The Balaban J connectivity index is 1.65. The smallest absolute Gasteiger partial charge is 0.329 e. The number of carbonyl (C=O) groups excluding carboxylic acids is 3. The zero-order chi connectivity index (χ0) is 20.1. The van der Waals surface area contributed by atoms with E-state index in [1.165, 1.54) is 29.4 Å². The molecule has 1 aromatic carbocycles. The van der Waals surface area contributed by atoms with Crippen molar-refractivity contribution < 1.29 is 19.1 Å². The number of ether oxygens (including phenoxy) is 1. The monoisotopic (exact) mass is 401 g/mol. The minimum atomic E-state index is -0.831. The van der Waals surface area contributed by atoms with Crippen LogP contribution in [0.1, 0.15) is 25.5 Å². The van der Waals surface area contributed by atoms with Crippen molar-refractivity contribution in [3.63, 3.8) is 0 Å². The van der Waals surface area contributed by atoms with Crippen molar-refractivity contribution in [2.45, 2.75) is 25.8 Å². The summed E-state index contributed by atoms with van der Waals surface area (Å²) in [6.45, 7) is 1.44. The molecule has 1 saturated carbocycles. The van der Waals surface area contributed by atoms with Crippen LogP contribution in [0.25, 0.3) is 0 Å². The summed E-state index contributed by atoms with van der Waals surface area (Å²) in [7, 11) is 1.57. The lowest BCUT2D eigenvalue weighted by atomic mass is 10.3. The van der Waals surface area contributed by atoms with Gasteiger partial charge in [-0.1, -0.05) is 0 Å². The molecule has 3 amide bonds. The van der Waals surface area contributed by atoms with Crippen molar-refractivity contribution >= 4 is 46.1 Å². The lowest BCUT2D eigenvalue weighted by molar-refractivity contribution is -0.139. The second-order valence-corrected chi connectivity index (χ2v) is 6.89. The van der Waals surface area contributed by atoms with Crippen LogP contribution in [0, 0.1) is 0 Å². The van der Waals surface area contributed by atoms with Gasteiger partial charge in [-0.25, -0.2) is 10.4 Å². The van der Waals surface area contributed by atoms with Crippen LogP contribution in [0.4, 0.5) is 10.8 Å². The van der Waals surface area contributed by atoms with Crippen molar-refractivity contribution in [1.82, 2.24) is 15.7 Å². The Morgan fingerprint density at radius 2 is 1.96 bits per heavy atom. The van der Waals surface area contributed by atoms with Gasteiger partial charge < -0.3 is 10.1 Å². The molecule has 1 fully saturated rings. The standard InChI is InChI=1S/C18H19N5O4S/c1-11(24)23(14-5-7-15(27-2)8-6-14)18-21-13(10-28-18)9-19-22-17(26)16(25)20-12-3-4-12/h5-10,12H,3-4H2,1-2H3,(H,20,25)(H,22,26)/b19-9-. The zero-order valence-corrected chi connectivity index (χ0v) is 16.2. The van der Waals surface area contributed by atoms with Crippen LogP contribution in [-0.4, -0.2) is 42.1 Å². The first-order chi connectivity index (χ1) is 13.5. The maximum Gasteiger partial charge on any atom is 0.329 e. The third kappa shape index (κ3) is 4.92. The summed E-state index contributed by atoms with van der Waals surface area (Å²) in [5, 5.41) is 8.46. The van der Waals surface area contributed by atoms with E-state index in [2.05, 4.69) is 20.8 Å². The predicted octanol–water partition coefficient (Wildman–Crippen LogP) is 1.56. The van der Waals surface area contributed by atoms with Crippen LogP contribution in [0.3, 0.4) is 0 Å². The van der Waals surface area contributed by atoms with Gasteiger partial charge in [-0.3, -0.25) is 19.3 Å². The molecule has 1 aliphatic rings. The number of methoxy groups -OCH3 is 1. The number of nitrogens with one attached hydrogen (secondary N) is 2. The van der Waals surface area contributed by atoms with Crippen molar-refractivity contribution in [3.8, 4) is 5.75 Å². The number of aromatic nitrogens is 1. The van der Waals surface area contributed by atoms with E-state index in [0.717, 1.165) is 12.8 Å². The van der Waals surface area contributed by atoms with Gasteiger partial charge in [0.1, 0.15) is 5.75 Å². The number of anilines is 2. The summed E-state index contributed by atoms with van der Waals surface area (Å²) >= 11 is 1.25. The average Bonchev–Trinajstić information content (AvgIpc) is 3.38. The van der Waals surface area contributed by atoms with E-state index in [1.807, 2.05) is 0 Å². The number of rotatable bonds is 6. The number of benzene rings is 1. The average molecular weight is 401 g/mol. The van der Waals surface area contributed by atoms with Gasteiger partial charge in [-0.15, -0.1) is 11.3 Å². The molecule has 3 rings (SSSR count). The molecule has 10 heteroatoms. The second kappa shape index (κ2) is 8.61. The maximum atomic E-state index is 12.1. The molecule has 1 aliphatic carbocycles. The minimum absolute atomic E-state index is 0.0962. The summed E-state index contributed by atoms with van der Waals surface area (Å²) < 4.78 is 5.13.